The summed E-state index contributed by atoms with van der Waals surface area (Å²) in [4.78, 5) is 12.1. The second-order valence-corrected chi connectivity index (χ2v) is 10.6. The van der Waals surface area contributed by atoms with E-state index in [1.807, 2.05) is 0 Å². The maximum absolute atomic E-state index is 12.4. The van der Waals surface area contributed by atoms with Gasteiger partial charge in [0.05, 0.1) is 11.5 Å². The van der Waals surface area contributed by atoms with E-state index in [0.29, 0.717) is 18.7 Å². The first-order chi connectivity index (χ1) is 13.3. The van der Waals surface area contributed by atoms with Crippen LogP contribution in [-0.2, 0) is 25.6 Å². The van der Waals surface area contributed by atoms with Gasteiger partial charge >= 0.3 is 0 Å². The molecule has 0 radical (unpaired) electrons. The van der Waals surface area contributed by atoms with Crippen LogP contribution in [0.2, 0.25) is 0 Å². The van der Waals surface area contributed by atoms with Crippen LogP contribution in [0.25, 0.3) is 0 Å². The average molecular weight is 427 g/mol. The molecule has 0 saturated carbocycles. The third-order valence-corrected chi connectivity index (χ3v) is 7.76. The van der Waals surface area contributed by atoms with Crippen LogP contribution in [0.5, 0.6) is 0 Å². The van der Waals surface area contributed by atoms with E-state index in [0.717, 1.165) is 12.8 Å². The lowest BCUT2D eigenvalue weighted by Crippen LogP contribution is -2.29. The Morgan fingerprint density at radius 2 is 1.68 bits per heavy atom. The lowest BCUT2D eigenvalue weighted by molar-refractivity contribution is 0.0923. The molecule has 8 nitrogen and oxygen atoms in total. The fraction of sp³-hybridized carbons (Fsp3) is 0.389. The highest BCUT2D eigenvalue weighted by Crippen LogP contribution is 2.22. The average Bonchev–Trinajstić information content (AvgIpc) is 3.34. The minimum absolute atomic E-state index is 0.0943. The summed E-state index contributed by atoms with van der Waals surface area (Å²) in [7, 11) is -7.13. The standard InChI is InChI=1S/C18H22N2O6S2/c21-18(19-10-13-27(22,23)14-15-6-2-1-3-7-15)16-8-9-17(26-16)28(24,25)20-11-4-5-12-20/h1-3,6-9H,4-5,10-14H2,(H,19,21). The summed E-state index contributed by atoms with van der Waals surface area (Å²) in [6, 6.07) is 11.3. The van der Waals surface area contributed by atoms with Crippen LogP contribution in [0, 0.1) is 0 Å². The monoisotopic (exact) mass is 426 g/mol. The minimum atomic E-state index is -3.74. The molecule has 10 heteroatoms. The van der Waals surface area contributed by atoms with Crippen LogP contribution in [0.15, 0.2) is 52.0 Å². The normalized spacial score (nSPS) is 15.6. The van der Waals surface area contributed by atoms with Crippen LogP contribution < -0.4 is 5.32 Å². The first kappa shape index (κ1) is 20.6. The Labute approximate surface area is 164 Å². The maximum atomic E-state index is 12.4. The van der Waals surface area contributed by atoms with E-state index in [1.165, 1.54) is 16.4 Å². The third-order valence-electron chi connectivity index (χ3n) is 4.39. The van der Waals surface area contributed by atoms with E-state index in [1.54, 1.807) is 30.3 Å². The van der Waals surface area contributed by atoms with E-state index in [-0.39, 0.29) is 28.9 Å². The molecule has 0 aliphatic carbocycles. The molecular formula is C18H22N2O6S2. The van der Waals surface area contributed by atoms with Crippen molar-refractivity contribution in [3.05, 3.63) is 53.8 Å². The first-order valence-electron chi connectivity index (χ1n) is 8.90. The molecule has 1 saturated heterocycles. The molecule has 1 fully saturated rings. The number of sulfonamides is 1. The number of nitrogens with zero attached hydrogens (tertiary/aromatic N) is 1. The molecule has 2 heterocycles. The van der Waals surface area contributed by atoms with Gasteiger partial charge in [0.2, 0.25) is 5.09 Å². The van der Waals surface area contributed by atoms with Gasteiger partial charge in [-0.1, -0.05) is 30.3 Å². The van der Waals surface area contributed by atoms with Crippen molar-refractivity contribution in [2.24, 2.45) is 0 Å². The van der Waals surface area contributed by atoms with Crippen molar-refractivity contribution in [2.75, 3.05) is 25.4 Å². The molecule has 0 atom stereocenters. The van der Waals surface area contributed by atoms with Crippen LogP contribution >= 0.6 is 0 Å². The van der Waals surface area contributed by atoms with E-state index in [2.05, 4.69) is 5.32 Å². The maximum Gasteiger partial charge on any atom is 0.287 e. The molecule has 1 N–H and O–H groups in total. The number of rotatable bonds is 8. The van der Waals surface area contributed by atoms with Gasteiger partial charge in [-0.25, -0.2) is 16.8 Å². The molecule has 1 aromatic carbocycles. The van der Waals surface area contributed by atoms with Crippen molar-refractivity contribution in [3.63, 3.8) is 0 Å². The highest BCUT2D eigenvalue weighted by atomic mass is 32.2. The van der Waals surface area contributed by atoms with Crippen LogP contribution in [0.4, 0.5) is 0 Å². The number of sulfone groups is 1. The number of carbonyl (C=O) groups is 1. The summed E-state index contributed by atoms with van der Waals surface area (Å²) in [5.74, 6) is -1.16. The lowest BCUT2D eigenvalue weighted by atomic mass is 10.2. The van der Waals surface area contributed by atoms with Crippen LogP contribution in [-0.4, -0.2) is 52.4 Å². The fourth-order valence-electron chi connectivity index (χ4n) is 2.94. The van der Waals surface area contributed by atoms with Crippen LogP contribution in [0.3, 0.4) is 0 Å². The van der Waals surface area contributed by atoms with Gasteiger partial charge in [0.25, 0.3) is 15.9 Å². The lowest BCUT2D eigenvalue weighted by Gasteiger charge is -2.12. The molecule has 1 aliphatic rings. The molecule has 3 rings (SSSR count). The van der Waals surface area contributed by atoms with Crippen molar-refractivity contribution in [3.8, 4) is 0 Å². The van der Waals surface area contributed by atoms with Crippen LogP contribution in [0.1, 0.15) is 29.0 Å². The number of benzene rings is 1. The van der Waals surface area contributed by atoms with Gasteiger partial charge in [-0.15, -0.1) is 0 Å². The molecule has 0 spiro atoms. The molecule has 0 unspecified atom stereocenters. The summed E-state index contributed by atoms with van der Waals surface area (Å²) >= 11 is 0. The van der Waals surface area contributed by atoms with Gasteiger partial charge in [-0.3, -0.25) is 4.79 Å². The summed E-state index contributed by atoms with van der Waals surface area (Å²) in [6.07, 6.45) is 1.59. The predicted octanol–water partition coefficient (Wildman–Crippen LogP) is 1.41. The van der Waals surface area contributed by atoms with Gasteiger partial charge in [0.15, 0.2) is 15.6 Å². The molecule has 2 aromatic rings. The molecule has 1 amide bonds. The molecule has 0 bridgehead atoms. The van der Waals surface area contributed by atoms with Gasteiger partial charge in [-0.05, 0) is 30.5 Å². The predicted molar refractivity (Wildman–Crippen MR) is 103 cm³/mol. The topological polar surface area (TPSA) is 114 Å². The molecular weight excluding hydrogens is 404 g/mol. The molecule has 28 heavy (non-hydrogen) atoms. The number of hydrogen-bond acceptors (Lipinski definition) is 6. The van der Waals surface area contributed by atoms with Gasteiger partial charge < -0.3 is 9.73 Å². The quantitative estimate of drug-likeness (QED) is 0.683. The zero-order valence-electron chi connectivity index (χ0n) is 15.2. The van der Waals surface area contributed by atoms with Crippen molar-refractivity contribution < 1.29 is 26.0 Å². The summed E-state index contributed by atoms with van der Waals surface area (Å²) in [5.41, 5.74) is 0.677. The second-order valence-electron chi connectivity index (χ2n) is 6.56. The summed E-state index contributed by atoms with van der Waals surface area (Å²) < 4.78 is 55.6. The summed E-state index contributed by atoms with van der Waals surface area (Å²) in [6.45, 7) is 0.774. The number of amides is 1. The highest BCUT2D eigenvalue weighted by Gasteiger charge is 2.30. The minimum Gasteiger partial charge on any atom is -0.438 e. The van der Waals surface area contributed by atoms with Crippen molar-refractivity contribution >= 4 is 25.8 Å². The first-order valence-corrected chi connectivity index (χ1v) is 12.2. The summed E-state index contributed by atoms with van der Waals surface area (Å²) in [5, 5.41) is 2.17. The fourth-order valence-corrected chi connectivity index (χ4v) is 5.63. The Balaban J connectivity index is 1.55. The molecule has 152 valence electrons. The number of furan rings is 1. The number of nitrogens with one attached hydrogen (secondary N) is 1. The zero-order chi connectivity index (χ0) is 20.2. The van der Waals surface area contributed by atoms with Gasteiger partial charge in [0, 0.05) is 19.6 Å². The zero-order valence-corrected chi connectivity index (χ0v) is 16.8. The van der Waals surface area contributed by atoms with Gasteiger partial charge in [-0.2, -0.15) is 4.31 Å². The molecule has 1 aromatic heterocycles. The number of carbonyl (C=O) groups excluding carboxylic acids is 1. The van der Waals surface area contributed by atoms with E-state index in [4.69, 9.17) is 4.42 Å². The second kappa shape index (κ2) is 8.46. The Bertz CT molecular complexity index is 1020. The van der Waals surface area contributed by atoms with E-state index in [9.17, 15) is 21.6 Å². The highest BCUT2D eigenvalue weighted by molar-refractivity contribution is 7.90. The van der Waals surface area contributed by atoms with Crippen molar-refractivity contribution in [1.82, 2.24) is 9.62 Å². The Hall–Kier alpha value is -2.17. The van der Waals surface area contributed by atoms with Crippen molar-refractivity contribution in [2.45, 2.75) is 23.7 Å². The number of hydrogen-bond donors (Lipinski definition) is 1. The Morgan fingerprint density at radius 1 is 1.00 bits per heavy atom. The van der Waals surface area contributed by atoms with Gasteiger partial charge in [0.1, 0.15) is 0 Å². The third kappa shape index (κ3) is 5.00. The largest absolute Gasteiger partial charge is 0.438 e. The molecule has 1 aliphatic heterocycles. The Morgan fingerprint density at radius 3 is 2.36 bits per heavy atom. The Kier molecular flexibility index (Phi) is 6.21. The van der Waals surface area contributed by atoms with E-state index >= 15 is 0 Å². The van der Waals surface area contributed by atoms with E-state index < -0.39 is 25.8 Å². The smallest absolute Gasteiger partial charge is 0.287 e. The van der Waals surface area contributed by atoms with Crippen molar-refractivity contribution in [1.29, 1.82) is 0 Å². The SMILES string of the molecule is O=C(NCCS(=O)(=O)Cc1ccccc1)c1ccc(S(=O)(=O)N2CCCC2)o1.